The standard InChI is InChI=1S/C29H21N5OS/c1-35-21-14-12-20(13-15-21)27-32-24-22-23(18-8-4-2-5-9-18)31-26(19-10-6-3-7-11-19)33-29(22)36-25(24)28-30-16-17-34(27)28/h2-15H,16-17H2,1H3. The van der Waals surface area contributed by atoms with Crippen LogP contribution in [-0.2, 0) is 0 Å². The second kappa shape index (κ2) is 8.39. The van der Waals surface area contributed by atoms with Crippen molar-refractivity contribution in [2.75, 3.05) is 20.2 Å². The van der Waals surface area contributed by atoms with Crippen LogP contribution >= 0.6 is 11.3 Å². The predicted molar refractivity (Wildman–Crippen MR) is 146 cm³/mol. The normalized spacial score (nSPS) is 14.3. The minimum absolute atomic E-state index is 0.713. The first-order valence-electron chi connectivity index (χ1n) is 11.8. The molecule has 2 aliphatic rings. The number of aromatic nitrogens is 2. The highest BCUT2D eigenvalue weighted by Gasteiger charge is 2.34. The number of nitrogens with zero attached hydrogens (tertiary/aromatic N) is 5. The third-order valence-electron chi connectivity index (χ3n) is 6.47. The number of benzene rings is 3. The largest absolute Gasteiger partial charge is 0.497 e. The van der Waals surface area contributed by atoms with Crippen LogP contribution in [0.15, 0.2) is 94.9 Å². The SMILES string of the molecule is COc1ccc(C2=Nc3c(sc4nc(-c5ccccc5)nc(-c5ccccc5)c34)C3=NCCN23)cc1. The highest BCUT2D eigenvalue weighted by molar-refractivity contribution is 7.21. The Morgan fingerprint density at radius 2 is 1.50 bits per heavy atom. The van der Waals surface area contributed by atoms with Crippen molar-refractivity contribution in [3.8, 4) is 28.4 Å². The molecule has 0 N–H and O–H groups in total. The van der Waals surface area contributed by atoms with Gasteiger partial charge in [0.25, 0.3) is 0 Å². The fraction of sp³-hybridized carbons (Fsp3) is 0.103. The lowest BCUT2D eigenvalue weighted by Crippen LogP contribution is -2.37. The minimum Gasteiger partial charge on any atom is -0.497 e. The van der Waals surface area contributed by atoms with Gasteiger partial charge in [-0.3, -0.25) is 4.99 Å². The van der Waals surface area contributed by atoms with Crippen molar-refractivity contribution in [3.05, 3.63) is 95.4 Å². The Balaban J connectivity index is 1.51. The first kappa shape index (κ1) is 21.0. The summed E-state index contributed by atoms with van der Waals surface area (Å²) < 4.78 is 5.36. The van der Waals surface area contributed by atoms with Crippen molar-refractivity contribution >= 4 is 38.9 Å². The number of methoxy groups -OCH3 is 1. The van der Waals surface area contributed by atoms with Crippen molar-refractivity contribution in [1.29, 1.82) is 0 Å². The summed E-state index contributed by atoms with van der Waals surface area (Å²) in [6.45, 7) is 1.55. The van der Waals surface area contributed by atoms with E-state index in [1.807, 2.05) is 60.7 Å². The molecule has 3 aromatic carbocycles. The van der Waals surface area contributed by atoms with Gasteiger partial charge in [-0.25, -0.2) is 15.0 Å². The minimum atomic E-state index is 0.713. The van der Waals surface area contributed by atoms with Crippen molar-refractivity contribution < 1.29 is 4.74 Å². The summed E-state index contributed by atoms with van der Waals surface area (Å²) in [6.07, 6.45) is 0. The Kier molecular flexibility index (Phi) is 4.89. The van der Waals surface area contributed by atoms with Crippen LogP contribution in [0.3, 0.4) is 0 Å². The van der Waals surface area contributed by atoms with Gasteiger partial charge in [-0.2, -0.15) is 0 Å². The predicted octanol–water partition coefficient (Wildman–Crippen LogP) is 6.19. The number of rotatable bonds is 4. The molecule has 0 aliphatic carbocycles. The number of hydrogen-bond acceptors (Lipinski definition) is 7. The topological polar surface area (TPSA) is 63.0 Å². The maximum atomic E-state index is 5.36. The van der Waals surface area contributed by atoms with E-state index in [-0.39, 0.29) is 0 Å². The zero-order chi connectivity index (χ0) is 24.1. The van der Waals surface area contributed by atoms with Gasteiger partial charge in [-0.15, -0.1) is 11.3 Å². The van der Waals surface area contributed by atoms with E-state index in [4.69, 9.17) is 24.7 Å². The molecule has 36 heavy (non-hydrogen) atoms. The number of thiophene rings is 1. The van der Waals surface area contributed by atoms with Crippen molar-refractivity contribution in [1.82, 2.24) is 14.9 Å². The summed E-state index contributed by atoms with van der Waals surface area (Å²) in [6, 6.07) is 28.5. The zero-order valence-electron chi connectivity index (χ0n) is 19.5. The van der Waals surface area contributed by atoms with Gasteiger partial charge in [0, 0.05) is 23.2 Å². The van der Waals surface area contributed by atoms with E-state index in [0.717, 1.165) is 73.7 Å². The monoisotopic (exact) mass is 487 g/mol. The number of amidine groups is 2. The quantitative estimate of drug-likeness (QED) is 0.303. The highest BCUT2D eigenvalue weighted by Crippen LogP contribution is 2.46. The lowest BCUT2D eigenvalue weighted by molar-refractivity contribution is 0.415. The Morgan fingerprint density at radius 3 is 2.22 bits per heavy atom. The fourth-order valence-corrected chi connectivity index (χ4v) is 5.87. The van der Waals surface area contributed by atoms with Crippen molar-refractivity contribution in [2.45, 2.75) is 0 Å². The molecule has 2 aliphatic heterocycles. The molecule has 7 rings (SSSR count). The van der Waals surface area contributed by atoms with E-state index < -0.39 is 0 Å². The van der Waals surface area contributed by atoms with E-state index in [1.54, 1.807) is 18.4 Å². The molecule has 0 atom stereocenters. The average molecular weight is 488 g/mol. The van der Waals surface area contributed by atoms with Crippen LogP contribution in [0.5, 0.6) is 5.75 Å². The summed E-state index contributed by atoms with van der Waals surface area (Å²) in [5.41, 5.74) is 4.85. The van der Waals surface area contributed by atoms with Crippen LogP contribution in [-0.4, -0.2) is 46.7 Å². The summed E-state index contributed by atoms with van der Waals surface area (Å²) in [4.78, 5) is 24.4. The fourth-order valence-electron chi connectivity index (χ4n) is 4.74. The summed E-state index contributed by atoms with van der Waals surface area (Å²) >= 11 is 1.65. The van der Waals surface area contributed by atoms with E-state index in [1.165, 1.54) is 0 Å². The summed E-state index contributed by atoms with van der Waals surface area (Å²) in [7, 11) is 1.68. The first-order valence-corrected chi connectivity index (χ1v) is 12.6. The van der Waals surface area contributed by atoms with Crippen molar-refractivity contribution in [2.24, 2.45) is 9.98 Å². The lowest BCUT2D eigenvalue weighted by Gasteiger charge is -2.26. The summed E-state index contributed by atoms with van der Waals surface area (Å²) in [5, 5.41) is 0.973. The van der Waals surface area contributed by atoms with Crippen molar-refractivity contribution in [3.63, 3.8) is 0 Å². The van der Waals surface area contributed by atoms with Gasteiger partial charge >= 0.3 is 0 Å². The maximum Gasteiger partial charge on any atom is 0.161 e. The molecule has 4 heterocycles. The Hall–Kier alpha value is -4.36. The Bertz CT molecular complexity index is 1660. The molecule has 0 saturated carbocycles. The van der Waals surface area contributed by atoms with Crippen LogP contribution < -0.4 is 4.74 Å². The van der Waals surface area contributed by atoms with Gasteiger partial charge in [-0.05, 0) is 24.3 Å². The molecule has 0 unspecified atom stereocenters. The van der Waals surface area contributed by atoms with E-state index in [0.29, 0.717) is 5.82 Å². The van der Waals surface area contributed by atoms with Crippen LogP contribution in [0, 0.1) is 0 Å². The molecular weight excluding hydrogens is 466 g/mol. The number of aliphatic imine (C=N–C) groups is 2. The van der Waals surface area contributed by atoms with Gasteiger partial charge in [0.2, 0.25) is 0 Å². The Labute approximate surface area is 212 Å². The molecule has 174 valence electrons. The smallest absolute Gasteiger partial charge is 0.161 e. The second-order valence-corrected chi connectivity index (χ2v) is 9.61. The van der Waals surface area contributed by atoms with Crippen LogP contribution in [0.4, 0.5) is 5.69 Å². The van der Waals surface area contributed by atoms with E-state index >= 15 is 0 Å². The van der Waals surface area contributed by atoms with Gasteiger partial charge < -0.3 is 9.64 Å². The molecular formula is C29H21N5OS. The van der Waals surface area contributed by atoms with Gasteiger partial charge in [-0.1, -0.05) is 60.7 Å². The summed E-state index contributed by atoms with van der Waals surface area (Å²) in [5.74, 6) is 3.40. The molecule has 7 heteroatoms. The van der Waals surface area contributed by atoms with Gasteiger partial charge in [0.1, 0.15) is 22.3 Å². The first-order chi connectivity index (χ1) is 17.8. The highest BCUT2D eigenvalue weighted by atomic mass is 32.1. The number of hydrogen-bond donors (Lipinski definition) is 0. The Morgan fingerprint density at radius 1 is 0.778 bits per heavy atom. The van der Waals surface area contributed by atoms with Crippen LogP contribution in [0.2, 0.25) is 0 Å². The third-order valence-corrected chi connectivity index (χ3v) is 7.54. The second-order valence-electron chi connectivity index (χ2n) is 8.61. The molecule has 0 fully saturated rings. The van der Waals surface area contributed by atoms with E-state index in [9.17, 15) is 0 Å². The number of ether oxygens (including phenoxy) is 1. The molecule has 0 amide bonds. The number of fused-ring (bicyclic) bond motifs is 5. The van der Waals surface area contributed by atoms with Crippen LogP contribution in [0.1, 0.15) is 10.4 Å². The van der Waals surface area contributed by atoms with Crippen LogP contribution in [0.25, 0.3) is 32.9 Å². The average Bonchev–Trinajstić information content (AvgIpc) is 3.58. The van der Waals surface area contributed by atoms with Gasteiger partial charge in [0.05, 0.1) is 35.3 Å². The molecule has 6 nitrogen and oxygen atoms in total. The van der Waals surface area contributed by atoms with E-state index in [2.05, 4.69) is 29.2 Å². The molecule has 0 spiro atoms. The molecule has 0 radical (unpaired) electrons. The molecule has 0 bridgehead atoms. The maximum absolute atomic E-state index is 5.36. The lowest BCUT2D eigenvalue weighted by atomic mass is 10.1. The molecule has 0 saturated heterocycles. The zero-order valence-corrected chi connectivity index (χ0v) is 20.4. The molecule has 5 aromatic rings. The van der Waals surface area contributed by atoms with Gasteiger partial charge in [0.15, 0.2) is 5.82 Å². The third kappa shape index (κ3) is 3.31. The molecule has 2 aromatic heterocycles.